The fourth-order valence-electron chi connectivity index (χ4n) is 1.86. The lowest BCUT2D eigenvalue weighted by atomic mass is 10.2. The van der Waals surface area contributed by atoms with Crippen LogP contribution < -0.4 is 0 Å². The summed E-state index contributed by atoms with van der Waals surface area (Å²) in [7, 11) is 0. The van der Waals surface area contributed by atoms with Crippen molar-refractivity contribution in [1.82, 2.24) is 19.7 Å². The summed E-state index contributed by atoms with van der Waals surface area (Å²) in [4.78, 5) is 8.68. The fraction of sp³-hybridized carbons (Fsp3) is 0.462. The van der Waals surface area contributed by atoms with E-state index in [9.17, 15) is 5.11 Å². The molecule has 0 radical (unpaired) electrons. The van der Waals surface area contributed by atoms with E-state index in [4.69, 9.17) is 0 Å². The Hall–Kier alpha value is -1.75. The van der Waals surface area contributed by atoms with Crippen LogP contribution in [0.1, 0.15) is 36.8 Å². The Morgan fingerprint density at radius 1 is 1.28 bits per heavy atom. The second kappa shape index (κ2) is 5.27. The van der Waals surface area contributed by atoms with Crippen LogP contribution >= 0.6 is 0 Å². The van der Waals surface area contributed by atoms with Crippen LogP contribution in [-0.2, 0) is 19.4 Å². The summed E-state index contributed by atoms with van der Waals surface area (Å²) < 4.78 is 1.82. The van der Waals surface area contributed by atoms with Crippen molar-refractivity contribution in [3.8, 4) is 5.69 Å². The Bertz CT molecular complexity index is 548. The lowest BCUT2D eigenvalue weighted by molar-refractivity contribution is 0.280. The number of aliphatic hydroxyl groups excluding tert-OH is 1. The second-order valence-electron chi connectivity index (χ2n) is 4.18. The zero-order valence-corrected chi connectivity index (χ0v) is 11.0. The molecule has 0 aromatic carbocycles. The minimum Gasteiger partial charge on any atom is -0.392 e. The zero-order chi connectivity index (χ0) is 13.1. The minimum absolute atomic E-state index is 0.0485. The van der Waals surface area contributed by atoms with E-state index in [-0.39, 0.29) is 6.61 Å². The molecule has 0 saturated heterocycles. The molecule has 0 bridgehead atoms. The molecule has 5 nitrogen and oxygen atoms in total. The number of nitrogens with zero attached hydrogens (tertiary/aromatic N) is 4. The van der Waals surface area contributed by atoms with Gasteiger partial charge in [0.2, 0.25) is 0 Å². The number of aryl methyl sites for hydroxylation is 3. The molecule has 2 rings (SSSR count). The number of aromatic nitrogens is 4. The van der Waals surface area contributed by atoms with Gasteiger partial charge < -0.3 is 5.11 Å². The molecule has 18 heavy (non-hydrogen) atoms. The second-order valence-corrected chi connectivity index (χ2v) is 4.18. The SMILES string of the molecule is CCc1nc(CC)n(-c2cc(C)ncc2CO)n1. The van der Waals surface area contributed by atoms with Gasteiger partial charge in [0.25, 0.3) is 0 Å². The molecule has 0 spiro atoms. The van der Waals surface area contributed by atoms with Crippen molar-refractivity contribution < 1.29 is 5.11 Å². The van der Waals surface area contributed by atoms with E-state index in [0.29, 0.717) is 0 Å². The monoisotopic (exact) mass is 246 g/mol. The molecule has 0 saturated carbocycles. The lowest BCUT2D eigenvalue weighted by Crippen LogP contribution is -2.07. The number of hydrogen-bond acceptors (Lipinski definition) is 4. The maximum atomic E-state index is 9.40. The van der Waals surface area contributed by atoms with Gasteiger partial charge in [-0.15, -0.1) is 0 Å². The van der Waals surface area contributed by atoms with E-state index >= 15 is 0 Å². The molecule has 2 aromatic heterocycles. The predicted molar refractivity (Wildman–Crippen MR) is 68.6 cm³/mol. The summed E-state index contributed by atoms with van der Waals surface area (Å²) in [5.41, 5.74) is 2.54. The topological polar surface area (TPSA) is 63.8 Å². The van der Waals surface area contributed by atoms with Crippen LogP contribution in [-0.4, -0.2) is 24.9 Å². The van der Waals surface area contributed by atoms with E-state index in [2.05, 4.69) is 15.1 Å². The Balaban J connectivity index is 2.59. The first-order valence-corrected chi connectivity index (χ1v) is 6.21. The Morgan fingerprint density at radius 2 is 2.06 bits per heavy atom. The van der Waals surface area contributed by atoms with Gasteiger partial charge in [-0.2, -0.15) is 5.10 Å². The summed E-state index contributed by atoms with van der Waals surface area (Å²) in [6.45, 7) is 5.96. The quantitative estimate of drug-likeness (QED) is 0.889. The minimum atomic E-state index is -0.0485. The average molecular weight is 246 g/mol. The third-order valence-corrected chi connectivity index (χ3v) is 2.85. The smallest absolute Gasteiger partial charge is 0.151 e. The lowest BCUT2D eigenvalue weighted by Gasteiger charge is -2.09. The Labute approximate surface area is 107 Å². The third kappa shape index (κ3) is 2.26. The normalized spacial score (nSPS) is 10.9. The van der Waals surface area contributed by atoms with Crippen LogP contribution in [0.5, 0.6) is 0 Å². The Morgan fingerprint density at radius 3 is 2.67 bits per heavy atom. The molecular formula is C13H18N4O. The van der Waals surface area contributed by atoms with E-state index in [1.807, 2.05) is 31.5 Å². The molecule has 2 aromatic rings. The van der Waals surface area contributed by atoms with Crippen molar-refractivity contribution >= 4 is 0 Å². The number of rotatable bonds is 4. The molecular weight excluding hydrogens is 228 g/mol. The van der Waals surface area contributed by atoms with Crippen LogP contribution in [0.15, 0.2) is 12.3 Å². The molecule has 2 heterocycles. The first-order chi connectivity index (χ1) is 8.69. The number of pyridine rings is 1. The Kier molecular flexibility index (Phi) is 3.72. The van der Waals surface area contributed by atoms with Crippen LogP contribution in [0.2, 0.25) is 0 Å². The molecule has 0 amide bonds. The van der Waals surface area contributed by atoms with Crippen LogP contribution in [0, 0.1) is 6.92 Å². The van der Waals surface area contributed by atoms with Crippen LogP contribution in [0.3, 0.4) is 0 Å². The largest absolute Gasteiger partial charge is 0.392 e. The van der Waals surface area contributed by atoms with Crippen LogP contribution in [0.25, 0.3) is 5.69 Å². The summed E-state index contributed by atoms with van der Waals surface area (Å²) in [6.07, 6.45) is 3.30. The number of aliphatic hydroxyl groups is 1. The molecule has 0 unspecified atom stereocenters. The average Bonchev–Trinajstić information content (AvgIpc) is 2.81. The number of hydrogen-bond donors (Lipinski definition) is 1. The van der Waals surface area contributed by atoms with Gasteiger partial charge in [0.05, 0.1) is 12.3 Å². The third-order valence-electron chi connectivity index (χ3n) is 2.85. The fourth-order valence-corrected chi connectivity index (χ4v) is 1.86. The maximum absolute atomic E-state index is 9.40. The molecule has 0 aliphatic rings. The molecule has 0 aliphatic heterocycles. The van der Waals surface area contributed by atoms with Gasteiger partial charge in [-0.25, -0.2) is 9.67 Å². The zero-order valence-electron chi connectivity index (χ0n) is 11.0. The summed E-state index contributed by atoms with van der Waals surface area (Å²) in [6, 6.07) is 1.93. The highest BCUT2D eigenvalue weighted by molar-refractivity contribution is 5.40. The highest BCUT2D eigenvalue weighted by Crippen LogP contribution is 2.17. The molecule has 1 N–H and O–H groups in total. The first-order valence-electron chi connectivity index (χ1n) is 6.21. The molecule has 0 atom stereocenters. The van der Waals surface area contributed by atoms with Crippen molar-refractivity contribution in [3.05, 3.63) is 35.2 Å². The molecule has 96 valence electrons. The van der Waals surface area contributed by atoms with Crippen molar-refractivity contribution in [2.45, 2.75) is 40.2 Å². The van der Waals surface area contributed by atoms with Gasteiger partial charge >= 0.3 is 0 Å². The van der Waals surface area contributed by atoms with E-state index < -0.39 is 0 Å². The summed E-state index contributed by atoms with van der Waals surface area (Å²) in [5, 5.41) is 13.9. The van der Waals surface area contributed by atoms with Crippen molar-refractivity contribution in [1.29, 1.82) is 0 Å². The van der Waals surface area contributed by atoms with Gasteiger partial charge in [0.15, 0.2) is 5.82 Å². The van der Waals surface area contributed by atoms with E-state index in [0.717, 1.165) is 41.4 Å². The summed E-state index contributed by atoms with van der Waals surface area (Å²) >= 11 is 0. The maximum Gasteiger partial charge on any atom is 0.151 e. The van der Waals surface area contributed by atoms with E-state index in [1.165, 1.54) is 0 Å². The first kappa shape index (κ1) is 12.7. The van der Waals surface area contributed by atoms with Crippen LogP contribution in [0.4, 0.5) is 0 Å². The van der Waals surface area contributed by atoms with Crippen molar-refractivity contribution in [3.63, 3.8) is 0 Å². The molecule has 0 aliphatic carbocycles. The highest BCUT2D eigenvalue weighted by atomic mass is 16.3. The van der Waals surface area contributed by atoms with Gasteiger partial charge in [-0.1, -0.05) is 13.8 Å². The van der Waals surface area contributed by atoms with Crippen molar-refractivity contribution in [2.75, 3.05) is 0 Å². The molecule has 5 heteroatoms. The highest BCUT2D eigenvalue weighted by Gasteiger charge is 2.12. The van der Waals surface area contributed by atoms with Gasteiger partial charge in [-0.3, -0.25) is 4.98 Å². The van der Waals surface area contributed by atoms with Gasteiger partial charge in [-0.05, 0) is 13.0 Å². The van der Waals surface area contributed by atoms with Crippen molar-refractivity contribution in [2.24, 2.45) is 0 Å². The summed E-state index contributed by atoms with van der Waals surface area (Å²) in [5.74, 6) is 1.73. The van der Waals surface area contributed by atoms with E-state index in [1.54, 1.807) is 6.20 Å². The predicted octanol–water partition coefficient (Wildman–Crippen LogP) is 1.59. The van der Waals surface area contributed by atoms with Gasteiger partial charge in [0.1, 0.15) is 5.82 Å². The van der Waals surface area contributed by atoms with Gasteiger partial charge in [0, 0.05) is 30.3 Å². The standard InChI is InChI=1S/C13H18N4O/c1-4-12-15-13(5-2)17(16-12)11-6-9(3)14-7-10(11)8-18/h6-7,18H,4-5,8H2,1-3H3. The molecule has 0 fully saturated rings.